The first-order valence-corrected chi connectivity index (χ1v) is 10.8. The van der Waals surface area contributed by atoms with Crippen LogP contribution in [-0.4, -0.2) is 45.6 Å². The lowest BCUT2D eigenvalue weighted by molar-refractivity contribution is 0.255. The Hall–Kier alpha value is -4.34. The summed E-state index contributed by atoms with van der Waals surface area (Å²) in [6.45, 7) is 2.73. The zero-order chi connectivity index (χ0) is 23.7. The Labute approximate surface area is 195 Å². The molecule has 0 bridgehead atoms. The number of carbonyl (C=O) groups excluding carboxylic acids is 1. The fourth-order valence-electron chi connectivity index (χ4n) is 3.95. The molecule has 1 atom stereocenters. The van der Waals surface area contributed by atoms with E-state index < -0.39 is 5.82 Å². The standard InChI is InChI=1S/C24H22FN7O2/c1-15-5-6-31(2)21-4-3-20(16-7-18(25)11-26-9-16)30-23(21)32(15)24(33)29-19-8-17(10-27-12-19)22-13-28-14-34-22/h3-4,7-15H,5-6H2,1-2H3,(H,29,33)/t15-/m1/s1. The second kappa shape index (κ2) is 8.89. The normalized spacial score (nSPS) is 15.6. The second-order valence-corrected chi connectivity index (χ2v) is 8.12. The molecule has 172 valence electrons. The highest BCUT2D eigenvalue weighted by molar-refractivity contribution is 6.04. The van der Waals surface area contributed by atoms with E-state index >= 15 is 0 Å². The molecule has 0 fully saturated rings. The summed E-state index contributed by atoms with van der Waals surface area (Å²) >= 11 is 0. The summed E-state index contributed by atoms with van der Waals surface area (Å²) in [6, 6.07) is 6.36. The zero-order valence-corrected chi connectivity index (χ0v) is 18.6. The number of hydrogen-bond donors (Lipinski definition) is 1. The molecule has 4 aromatic rings. The number of oxazole rings is 1. The van der Waals surface area contributed by atoms with Crippen molar-refractivity contribution in [3.8, 4) is 22.6 Å². The van der Waals surface area contributed by atoms with Crippen molar-refractivity contribution in [2.45, 2.75) is 19.4 Å². The van der Waals surface area contributed by atoms with E-state index in [9.17, 15) is 9.18 Å². The maximum absolute atomic E-state index is 13.8. The molecule has 0 spiro atoms. The van der Waals surface area contributed by atoms with E-state index in [0.717, 1.165) is 24.8 Å². The molecule has 0 saturated carbocycles. The number of halogens is 1. The van der Waals surface area contributed by atoms with Crippen LogP contribution in [0, 0.1) is 5.82 Å². The van der Waals surface area contributed by atoms with E-state index in [0.29, 0.717) is 34.1 Å². The molecule has 0 aromatic carbocycles. The number of carbonyl (C=O) groups is 1. The lowest BCUT2D eigenvalue weighted by Gasteiger charge is -2.28. The number of urea groups is 1. The van der Waals surface area contributed by atoms with Gasteiger partial charge in [-0.25, -0.2) is 19.2 Å². The van der Waals surface area contributed by atoms with Crippen molar-refractivity contribution in [2.75, 3.05) is 28.7 Å². The summed E-state index contributed by atoms with van der Waals surface area (Å²) in [5.74, 6) is 0.591. The predicted octanol–water partition coefficient (Wildman–Crippen LogP) is 4.60. The third-order valence-electron chi connectivity index (χ3n) is 5.74. The van der Waals surface area contributed by atoms with Crippen molar-refractivity contribution in [3.05, 3.63) is 67.5 Å². The van der Waals surface area contributed by atoms with E-state index in [-0.39, 0.29) is 12.1 Å². The van der Waals surface area contributed by atoms with Crippen LogP contribution in [0.15, 0.2) is 66.1 Å². The first-order valence-electron chi connectivity index (χ1n) is 10.8. The van der Waals surface area contributed by atoms with Crippen LogP contribution in [0.3, 0.4) is 0 Å². The molecule has 2 amide bonds. The molecule has 4 aromatic heterocycles. The Bertz CT molecular complexity index is 1330. The molecule has 1 aliphatic heterocycles. The Morgan fingerprint density at radius 1 is 1.09 bits per heavy atom. The van der Waals surface area contributed by atoms with Crippen LogP contribution in [-0.2, 0) is 0 Å². The van der Waals surface area contributed by atoms with E-state index in [2.05, 4.69) is 25.2 Å². The van der Waals surface area contributed by atoms with Crippen molar-refractivity contribution >= 4 is 23.2 Å². The number of nitrogens with zero attached hydrogens (tertiary/aromatic N) is 6. The first-order chi connectivity index (χ1) is 16.5. The Morgan fingerprint density at radius 3 is 2.71 bits per heavy atom. The number of fused-ring (bicyclic) bond motifs is 1. The van der Waals surface area contributed by atoms with Crippen molar-refractivity contribution in [3.63, 3.8) is 0 Å². The lowest BCUT2D eigenvalue weighted by atomic mass is 10.1. The average molecular weight is 459 g/mol. The number of nitrogens with one attached hydrogen (secondary N) is 1. The van der Waals surface area contributed by atoms with Gasteiger partial charge in [-0.1, -0.05) is 0 Å². The number of aromatic nitrogens is 4. The molecule has 1 aliphatic rings. The Kier molecular flexibility index (Phi) is 5.62. The first kappa shape index (κ1) is 21.5. The van der Waals surface area contributed by atoms with Gasteiger partial charge < -0.3 is 14.6 Å². The van der Waals surface area contributed by atoms with Gasteiger partial charge in [-0.3, -0.25) is 14.9 Å². The van der Waals surface area contributed by atoms with Crippen molar-refractivity contribution < 1.29 is 13.6 Å². The second-order valence-electron chi connectivity index (χ2n) is 8.12. The van der Waals surface area contributed by atoms with Crippen LogP contribution in [0.25, 0.3) is 22.6 Å². The van der Waals surface area contributed by atoms with E-state index in [4.69, 9.17) is 9.40 Å². The van der Waals surface area contributed by atoms with Gasteiger partial charge in [0.05, 0.1) is 35.7 Å². The number of hydrogen-bond acceptors (Lipinski definition) is 7. The number of rotatable bonds is 3. The van der Waals surface area contributed by atoms with Gasteiger partial charge in [0.25, 0.3) is 0 Å². The average Bonchev–Trinajstić information content (AvgIpc) is 3.34. The highest BCUT2D eigenvalue weighted by atomic mass is 19.1. The molecule has 0 aliphatic carbocycles. The van der Waals surface area contributed by atoms with Crippen LogP contribution in [0.5, 0.6) is 0 Å². The largest absolute Gasteiger partial charge is 0.443 e. The molecule has 1 N–H and O–H groups in total. The minimum Gasteiger partial charge on any atom is -0.443 e. The van der Waals surface area contributed by atoms with Gasteiger partial charge in [0.2, 0.25) is 0 Å². The minimum absolute atomic E-state index is 0.137. The summed E-state index contributed by atoms with van der Waals surface area (Å²) in [5, 5.41) is 2.93. The van der Waals surface area contributed by atoms with E-state index in [1.165, 1.54) is 12.5 Å². The van der Waals surface area contributed by atoms with Crippen LogP contribution in [0.4, 0.5) is 26.4 Å². The van der Waals surface area contributed by atoms with Gasteiger partial charge in [-0.2, -0.15) is 0 Å². The highest BCUT2D eigenvalue weighted by Crippen LogP contribution is 2.35. The molecule has 0 unspecified atom stereocenters. The van der Waals surface area contributed by atoms with Gasteiger partial charge in [-0.05, 0) is 37.6 Å². The summed E-state index contributed by atoms with van der Waals surface area (Å²) in [4.78, 5) is 34.0. The molecule has 5 heterocycles. The molecule has 34 heavy (non-hydrogen) atoms. The monoisotopic (exact) mass is 459 g/mol. The van der Waals surface area contributed by atoms with Gasteiger partial charge in [0.15, 0.2) is 18.0 Å². The third-order valence-corrected chi connectivity index (χ3v) is 5.74. The molecular weight excluding hydrogens is 437 g/mol. The van der Waals surface area contributed by atoms with Gasteiger partial charge in [0, 0.05) is 43.2 Å². The molecule has 0 saturated heterocycles. The summed E-state index contributed by atoms with van der Waals surface area (Å²) in [7, 11) is 1.96. The molecule has 10 heteroatoms. The van der Waals surface area contributed by atoms with Crippen molar-refractivity contribution in [1.82, 2.24) is 19.9 Å². The maximum Gasteiger partial charge on any atom is 0.327 e. The minimum atomic E-state index is -0.450. The zero-order valence-electron chi connectivity index (χ0n) is 18.6. The molecular formula is C24H22FN7O2. The fraction of sp³-hybridized carbons (Fsp3) is 0.208. The van der Waals surface area contributed by atoms with Crippen molar-refractivity contribution in [1.29, 1.82) is 0 Å². The molecule has 5 rings (SSSR count). The van der Waals surface area contributed by atoms with Gasteiger partial charge in [0.1, 0.15) is 5.82 Å². The quantitative estimate of drug-likeness (QED) is 0.478. The smallest absolute Gasteiger partial charge is 0.327 e. The van der Waals surface area contributed by atoms with Crippen LogP contribution in [0.1, 0.15) is 13.3 Å². The molecule has 0 radical (unpaired) electrons. The predicted molar refractivity (Wildman–Crippen MR) is 126 cm³/mol. The highest BCUT2D eigenvalue weighted by Gasteiger charge is 2.30. The SMILES string of the molecule is C[C@@H]1CCN(C)c2ccc(-c3cncc(F)c3)nc2N1C(=O)Nc1cncc(-c2cnco2)c1. The van der Waals surface area contributed by atoms with Crippen LogP contribution < -0.4 is 15.1 Å². The number of anilines is 3. The summed E-state index contributed by atoms with van der Waals surface area (Å²) in [6.07, 6.45) is 9.55. The fourth-order valence-corrected chi connectivity index (χ4v) is 3.95. The Morgan fingerprint density at radius 2 is 1.91 bits per heavy atom. The van der Waals surface area contributed by atoms with Gasteiger partial charge >= 0.3 is 6.03 Å². The van der Waals surface area contributed by atoms with Crippen LogP contribution in [0.2, 0.25) is 0 Å². The summed E-state index contributed by atoms with van der Waals surface area (Å²) < 4.78 is 19.1. The Balaban J connectivity index is 1.51. The van der Waals surface area contributed by atoms with E-state index in [1.54, 1.807) is 35.8 Å². The van der Waals surface area contributed by atoms with Crippen LogP contribution >= 0.6 is 0 Å². The van der Waals surface area contributed by atoms with Gasteiger partial charge in [-0.15, -0.1) is 0 Å². The maximum atomic E-state index is 13.8. The lowest BCUT2D eigenvalue weighted by Crippen LogP contribution is -2.42. The number of pyridine rings is 3. The van der Waals surface area contributed by atoms with Crippen molar-refractivity contribution in [2.24, 2.45) is 0 Å². The topological polar surface area (TPSA) is 100 Å². The number of amides is 2. The third kappa shape index (κ3) is 4.17. The molecule has 9 nitrogen and oxygen atoms in total. The van der Waals surface area contributed by atoms with E-state index in [1.807, 2.05) is 26.1 Å². The summed E-state index contributed by atoms with van der Waals surface area (Å²) in [5.41, 5.74) is 3.07.